The second kappa shape index (κ2) is 5.45. The molecule has 0 bridgehead atoms. The number of hydrogen-bond donors (Lipinski definition) is 0. The molecule has 0 N–H and O–H groups in total. The number of alkyl halides is 1. The highest BCUT2D eigenvalue weighted by atomic mass is 35.5. The lowest BCUT2D eigenvalue weighted by atomic mass is 10.1. The van der Waals surface area contributed by atoms with Crippen molar-refractivity contribution in [2.24, 2.45) is 0 Å². The lowest BCUT2D eigenvalue weighted by Crippen LogP contribution is -2.11. The van der Waals surface area contributed by atoms with Gasteiger partial charge in [0.15, 0.2) is 0 Å². The van der Waals surface area contributed by atoms with Gasteiger partial charge in [0.2, 0.25) is 0 Å². The lowest BCUT2D eigenvalue weighted by Gasteiger charge is -2.19. The Kier molecular flexibility index (Phi) is 3.64. The number of pyridine rings is 1. The highest BCUT2D eigenvalue weighted by Gasteiger charge is 2.20. The number of hydrogen-bond acceptors (Lipinski definition) is 2. The molecule has 3 nitrogen and oxygen atoms in total. The van der Waals surface area contributed by atoms with Crippen LogP contribution in [-0.4, -0.2) is 14.5 Å². The van der Waals surface area contributed by atoms with Crippen LogP contribution in [0.5, 0.6) is 0 Å². The van der Waals surface area contributed by atoms with E-state index in [1.807, 2.05) is 30.5 Å². The zero-order valence-corrected chi connectivity index (χ0v) is 12.5. The molecule has 0 radical (unpaired) electrons. The van der Waals surface area contributed by atoms with Crippen LogP contribution in [0, 0.1) is 5.82 Å². The molecule has 0 aliphatic heterocycles. The molecule has 108 valence electrons. The van der Waals surface area contributed by atoms with Gasteiger partial charge >= 0.3 is 0 Å². The van der Waals surface area contributed by atoms with E-state index in [9.17, 15) is 4.39 Å². The van der Waals surface area contributed by atoms with Crippen LogP contribution in [0.15, 0.2) is 42.7 Å². The van der Waals surface area contributed by atoms with Crippen LogP contribution in [0.1, 0.15) is 36.7 Å². The second-order valence-electron chi connectivity index (χ2n) is 5.05. The van der Waals surface area contributed by atoms with Gasteiger partial charge in [-0.2, -0.15) is 0 Å². The number of imidazole rings is 1. The molecule has 5 heteroatoms. The Morgan fingerprint density at radius 2 is 1.86 bits per heavy atom. The molecule has 3 rings (SSSR count). The van der Waals surface area contributed by atoms with Crippen LogP contribution in [0.4, 0.5) is 4.39 Å². The summed E-state index contributed by atoms with van der Waals surface area (Å²) in [6.07, 6.45) is 3.49. The van der Waals surface area contributed by atoms with Gasteiger partial charge in [-0.25, -0.2) is 9.37 Å². The molecule has 2 heterocycles. The number of rotatable bonds is 3. The van der Waals surface area contributed by atoms with Gasteiger partial charge in [-0.1, -0.05) is 0 Å². The molecule has 2 aromatic heterocycles. The van der Waals surface area contributed by atoms with Crippen molar-refractivity contribution in [3.63, 3.8) is 0 Å². The van der Waals surface area contributed by atoms with Crippen LogP contribution in [0.25, 0.3) is 11.0 Å². The Hall–Kier alpha value is -1.94. The fourth-order valence-corrected chi connectivity index (χ4v) is 2.72. The Morgan fingerprint density at radius 1 is 1.14 bits per heavy atom. The summed E-state index contributed by atoms with van der Waals surface area (Å²) in [6, 6.07) is 8.48. The first-order valence-electron chi connectivity index (χ1n) is 6.79. The largest absolute Gasteiger partial charge is 0.319 e. The van der Waals surface area contributed by atoms with Gasteiger partial charge in [0.25, 0.3) is 0 Å². The van der Waals surface area contributed by atoms with E-state index in [4.69, 9.17) is 11.6 Å². The van der Waals surface area contributed by atoms with Crippen molar-refractivity contribution in [1.82, 2.24) is 14.5 Å². The Balaban J connectivity index is 2.24. The quantitative estimate of drug-likeness (QED) is 0.668. The van der Waals surface area contributed by atoms with Crippen molar-refractivity contribution in [3.8, 4) is 0 Å². The molecule has 21 heavy (non-hydrogen) atoms. The summed E-state index contributed by atoms with van der Waals surface area (Å²) in [4.78, 5) is 8.58. The maximum atomic E-state index is 13.6. The normalized spacial score (nSPS) is 14.3. The minimum atomic E-state index is -0.278. The van der Waals surface area contributed by atoms with Crippen molar-refractivity contribution < 1.29 is 4.39 Å². The van der Waals surface area contributed by atoms with Crippen LogP contribution >= 0.6 is 11.6 Å². The van der Waals surface area contributed by atoms with Crippen molar-refractivity contribution >= 4 is 22.6 Å². The first-order chi connectivity index (χ1) is 10.1. The Labute approximate surface area is 127 Å². The van der Waals surface area contributed by atoms with E-state index in [0.29, 0.717) is 0 Å². The lowest BCUT2D eigenvalue weighted by molar-refractivity contribution is 0.609. The summed E-state index contributed by atoms with van der Waals surface area (Å²) < 4.78 is 15.6. The molecule has 3 aromatic rings. The van der Waals surface area contributed by atoms with Crippen LogP contribution in [0.2, 0.25) is 0 Å². The van der Waals surface area contributed by atoms with Crippen molar-refractivity contribution in [2.45, 2.75) is 25.3 Å². The van der Waals surface area contributed by atoms with E-state index in [1.165, 1.54) is 12.1 Å². The number of halogens is 2. The third-order valence-electron chi connectivity index (χ3n) is 3.61. The third-order valence-corrected chi connectivity index (χ3v) is 3.81. The molecule has 0 spiro atoms. The highest BCUT2D eigenvalue weighted by molar-refractivity contribution is 6.20. The third kappa shape index (κ3) is 2.51. The summed E-state index contributed by atoms with van der Waals surface area (Å²) in [5.74, 6) is 0.459. The fourth-order valence-electron chi connectivity index (χ4n) is 2.56. The molecule has 0 fully saturated rings. The Morgan fingerprint density at radius 3 is 2.52 bits per heavy atom. The molecule has 0 aliphatic carbocycles. The van der Waals surface area contributed by atoms with E-state index in [-0.39, 0.29) is 17.2 Å². The molecular weight excluding hydrogens is 289 g/mol. The average molecular weight is 304 g/mol. The minimum Gasteiger partial charge on any atom is -0.319 e. The molecule has 0 amide bonds. The fraction of sp³-hybridized carbons (Fsp3) is 0.250. The number of benzene rings is 1. The second-order valence-corrected chi connectivity index (χ2v) is 5.70. The summed E-state index contributed by atoms with van der Waals surface area (Å²) in [5.41, 5.74) is 2.58. The van der Waals surface area contributed by atoms with Gasteiger partial charge in [0, 0.05) is 12.4 Å². The first-order valence-corrected chi connectivity index (χ1v) is 7.23. The Bertz CT molecular complexity index is 768. The zero-order chi connectivity index (χ0) is 15.0. The molecule has 0 aliphatic rings. The van der Waals surface area contributed by atoms with Gasteiger partial charge in [-0.05, 0) is 49.7 Å². The van der Waals surface area contributed by atoms with E-state index >= 15 is 0 Å². The van der Waals surface area contributed by atoms with Gasteiger partial charge in [-0.3, -0.25) is 4.98 Å². The standard InChI is InChI=1S/C16H15ClFN3/c1-10(17)16-20-14-4-3-13(18)9-15(14)21(16)11(2)12-5-7-19-8-6-12/h3-11H,1-2H3. The van der Waals surface area contributed by atoms with Gasteiger partial charge in [0.05, 0.1) is 22.5 Å². The SMILES string of the molecule is CC(Cl)c1nc2ccc(F)cc2n1C(C)c1ccncc1. The van der Waals surface area contributed by atoms with Gasteiger partial charge in [0.1, 0.15) is 11.6 Å². The topological polar surface area (TPSA) is 30.7 Å². The van der Waals surface area contributed by atoms with Crippen molar-refractivity contribution in [3.05, 3.63) is 59.9 Å². The van der Waals surface area contributed by atoms with Gasteiger partial charge in [-0.15, -0.1) is 11.6 Å². The van der Waals surface area contributed by atoms with Crippen LogP contribution in [-0.2, 0) is 0 Å². The summed E-state index contributed by atoms with van der Waals surface area (Å²) >= 11 is 6.26. The van der Waals surface area contributed by atoms with Crippen LogP contribution in [0.3, 0.4) is 0 Å². The summed E-state index contributed by atoms with van der Waals surface area (Å²) in [5, 5.41) is -0.259. The van der Waals surface area contributed by atoms with E-state index in [1.54, 1.807) is 18.5 Å². The molecule has 0 saturated heterocycles. The van der Waals surface area contributed by atoms with Crippen LogP contribution < -0.4 is 0 Å². The molecule has 1 aromatic carbocycles. The molecular formula is C16H15ClFN3. The maximum Gasteiger partial charge on any atom is 0.128 e. The summed E-state index contributed by atoms with van der Waals surface area (Å²) in [7, 11) is 0. The monoisotopic (exact) mass is 303 g/mol. The molecule has 2 atom stereocenters. The number of fused-ring (bicyclic) bond motifs is 1. The number of nitrogens with zero attached hydrogens (tertiary/aromatic N) is 3. The van der Waals surface area contributed by atoms with E-state index in [2.05, 4.69) is 9.97 Å². The first kappa shape index (κ1) is 14.0. The highest BCUT2D eigenvalue weighted by Crippen LogP contribution is 2.31. The average Bonchev–Trinajstić information content (AvgIpc) is 2.86. The molecule has 2 unspecified atom stereocenters. The zero-order valence-electron chi connectivity index (χ0n) is 11.8. The van der Waals surface area contributed by atoms with E-state index in [0.717, 1.165) is 22.4 Å². The summed E-state index contributed by atoms with van der Waals surface area (Å²) in [6.45, 7) is 3.92. The van der Waals surface area contributed by atoms with Crippen molar-refractivity contribution in [1.29, 1.82) is 0 Å². The van der Waals surface area contributed by atoms with Gasteiger partial charge < -0.3 is 4.57 Å². The smallest absolute Gasteiger partial charge is 0.128 e. The predicted molar refractivity (Wildman–Crippen MR) is 82.0 cm³/mol. The van der Waals surface area contributed by atoms with Crippen molar-refractivity contribution in [2.75, 3.05) is 0 Å². The molecule has 0 saturated carbocycles. The van der Waals surface area contributed by atoms with E-state index < -0.39 is 0 Å². The minimum absolute atomic E-state index is 0.00370. The maximum absolute atomic E-state index is 13.6. The number of aromatic nitrogens is 3. The predicted octanol–water partition coefficient (Wildman–Crippen LogP) is 4.48.